The first-order valence-electron chi connectivity index (χ1n) is 8.61. The van der Waals surface area contributed by atoms with Crippen LogP contribution in [0.25, 0.3) is 11.3 Å². The van der Waals surface area contributed by atoms with E-state index in [1.807, 2.05) is 6.92 Å². The zero-order chi connectivity index (χ0) is 20.7. The number of aromatic nitrogens is 3. The van der Waals surface area contributed by atoms with Crippen LogP contribution in [0.4, 0.5) is 32.2 Å². The molecule has 0 aromatic carbocycles. The molecule has 0 unspecified atom stereocenters. The van der Waals surface area contributed by atoms with Crippen molar-refractivity contribution in [2.24, 2.45) is 11.8 Å². The lowest BCUT2D eigenvalue weighted by Gasteiger charge is -2.16. The first kappa shape index (κ1) is 20.4. The molecule has 0 radical (unpaired) electrons. The molecule has 11 heteroatoms. The van der Waals surface area contributed by atoms with Crippen LogP contribution >= 0.6 is 0 Å². The number of nitrogens with one attached hydrogen (secondary N) is 1. The van der Waals surface area contributed by atoms with Gasteiger partial charge in [0.15, 0.2) is 0 Å². The molecule has 1 fully saturated rings. The van der Waals surface area contributed by atoms with E-state index in [9.17, 15) is 26.3 Å². The highest BCUT2D eigenvalue weighted by Crippen LogP contribution is 2.35. The molecule has 1 aliphatic rings. The molecule has 5 nitrogen and oxygen atoms in total. The van der Waals surface area contributed by atoms with E-state index >= 15 is 0 Å². The maximum absolute atomic E-state index is 13.1. The largest absolute Gasteiger partial charge is 0.419 e. The molecule has 28 heavy (non-hydrogen) atoms. The molecule has 3 heterocycles. The minimum atomic E-state index is -4.73. The summed E-state index contributed by atoms with van der Waals surface area (Å²) in [6.45, 7) is 2.11. The zero-order valence-electron chi connectivity index (χ0n) is 14.9. The number of nitrogens with two attached hydrogens (primary N) is 1. The van der Waals surface area contributed by atoms with E-state index in [-0.39, 0.29) is 23.1 Å². The second-order valence-electron chi connectivity index (χ2n) is 7.05. The van der Waals surface area contributed by atoms with Crippen molar-refractivity contribution >= 4 is 5.82 Å². The number of hydrogen-bond acceptors (Lipinski definition) is 4. The minimum Gasteiger partial charge on any atom is -0.383 e. The Morgan fingerprint density at radius 1 is 1.18 bits per heavy atom. The smallest absolute Gasteiger partial charge is 0.383 e. The van der Waals surface area contributed by atoms with Gasteiger partial charge in [-0.3, -0.25) is 4.68 Å². The molecule has 154 valence electrons. The van der Waals surface area contributed by atoms with E-state index in [0.29, 0.717) is 18.7 Å². The third kappa shape index (κ3) is 4.57. The lowest BCUT2D eigenvalue weighted by Crippen LogP contribution is -2.22. The van der Waals surface area contributed by atoms with Crippen LogP contribution in [0, 0.1) is 11.8 Å². The van der Waals surface area contributed by atoms with Gasteiger partial charge in [0.05, 0.1) is 11.3 Å². The summed E-state index contributed by atoms with van der Waals surface area (Å²) in [6, 6.07) is 2.15. The van der Waals surface area contributed by atoms with Crippen molar-refractivity contribution in [3.05, 3.63) is 29.6 Å². The summed E-state index contributed by atoms with van der Waals surface area (Å²) in [4.78, 5) is 3.53. The molecule has 3 rings (SSSR count). The number of hydrogen-bond donors (Lipinski definition) is 2. The summed E-state index contributed by atoms with van der Waals surface area (Å²) >= 11 is 0. The Balaban J connectivity index is 1.99. The van der Waals surface area contributed by atoms with Crippen LogP contribution in [0.1, 0.15) is 18.2 Å². The summed E-state index contributed by atoms with van der Waals surface area (Å²) in [5.74, 6) is -0.309. The first-order chi connectivity index (χ1) is 12.9. The summed E-state index contributed by atoms with van der Waals surface area (Å²) in [5.41, 5.74) is 4.41. The molecule has 0 spiro atoms. The second kappa shape index (κ2) is 7.26. The number of nitrogens with zero attached hydrogens (tertiary/aromatic N) is 3. The molecule has 3 N–H and O–H groups in total. The third-order valence-corrected chi connectivity index (χ3v) is 4.86. The zero-order valence-corrected chi connectivity index (χ0v) is 14.9. The molecule has 0 bridgehead atoms. The molecule has 2 aromatic rings. The Morgan fingerprint density at radius 2 is 1.89 bits per heavy atom. The van der Waals surface area contributed by atoms with E-state index in [0.717, 1.165) is 23.5 Å². The van der Waals surface area contributed by atoms with Gasteiger partial charge in [0.25, 0.3) is 0 Å². The highest BCUT2D eigenvalue weighted by molar-refractivity contribution is 5.62. The highest BCUT2D eigenvalue weighted by atomic mass is 19.4. The molecular formula is C17H19F6N5. The highest BCUT2D eigenvalue weighted by Gasteiger charge is 2.35. The standard InChI is InChI=1S/C17H19F6N5/c1-9-5-25-6-10(9)2-12-4-14(27-28(12)8-16(18,19)20)11-3-13(17(21,22)23)15(24)26-7-11/h3-4,7,9-10,25H,2,5-6,8H2,1H3,(H2,24,26)/t9-,10+/m0/s1. The van der Waals surface area contributed by atoms with Crippen molar-refractivity contribution in [2.75, 3.05) is 18.8 Å². The Bertz CT molecular complexity index is 842. The summed E-state index contributed by atoms with van der Waals surface area (Å²) < 4.78 is 78.8. The number of alkyl halides is 6. The van der Waals surface area contributed by atoms with Crippen LogP contribution in [-0.2, 0) is 19.1 Å². The van der Waals surface area contributed by atoms with E-state index in [4.69, 9.17) is 5.73 Å². The maximum Gasteiger partial charge on any atom is 0.419 e. The topological polar surface area (TPSA) is 68.8 Å². The molecule has 2 aromatic heterocycles. The van der Waals surface area contributed by atoms with Gasteiger partial charge in [-0.1, -0.05) is 6.92 Å². The Morgan fingerprint density at radius 3 is 2.46 bits per heavy atom. The first-order valence-corrected chi connectivity index (χ1v) is 8.61. The van der Waals surface area contributed by atoms with Crippen LogP contribution in [0.5, 0.6) is 0 Å². The van der Waals surface area contributed by atoms with Gasteiger partial charge in [0.1, 0.15) is 12.4 Å². The number of nitrogen functional groups attached to an aromatic ring is 1. The SMILES string of the molecule is C[C@H]1CNC[C@H]1Cc1cc(-c2cnc(N)c(C(F)(F)F)c2)nn1CC(F)(F)F. The average molecular weight is 407 g/mol. The third-order valence-electron chi connectivity index (χ3n) is 4.86. The Labute approximate surface area is 156 Å². The molecule has 0 amide bonds. The predicted molar refractivity (Wildman–Crippen MR) is 90.2 cm³/mol. The Kier molecular flexibility index (Phi) is 5.30. The van der Waals surface area contributed by atoms with E-state index in [1.165, 1.54) is 6.07 Å². The van der Waals surface area contributed by atoms with E-state index in [1.54, 1.807) is 0 Å². The van der Waals surface area contributed by atoms with Crippen LogP contribution in [-0.4, -0.2) is 34.0 Å². The molecular weight excluding hydrogens is 388 g/mol. The number of anilines is 1. The normalized spacial score (nSPS) is 20.7. The van der Waals surface area contributed by atoms with Crippen LogP contribution < -0.4 is 11.1 Å². The summed E-state index contributed by atoms with van der Waals surface area (Å²) in [5, 5.41) is 7.09. The average Bonchev–Trinajstić information content (AvgIpc) is 3.13. The minimum absolute atomic E-state index is 0.00383. The van der Waals surface area contributed by atoms with Crippen LogP contribution in [0.2, 0.25) is 0 Å². The van der Waals surface area contributed by atoms with Gasteiger partial charge >= 0.3 is 12.4 Å². The molecule has 2 atom stereocenters. The van der Waals surface area contributed by atoms with Gasteiger partial charge < -0.3 is 11.1 Å². The molecule has 0 aliphatic carbocycles. The fourth-order valence-corrected chi connectivity index (χ4v) is 3.32. The monoisotopic (exact) mass is 407 g/mol. The molecule has 1 saturated heterocycles. The van der Waals surface area contributed by atoms with Gasteiger partial charge in [-0.2, -0.15) is 31.4 Å². The molecule has 1 aliphatic heterocycles. The summed E-state index contributed by atoms with van der Waals surface area (Å²) in [7, 11) is 0. The fraction of sp³-hybridized carbons (Fsp3) is 0.529. The van der Waals surface area contributed by atoms with Gasteiger partial charge in [-0.05, 0) is 43.5 Å². The second-order valence-corrected chi connectivity index (χ2v) is 7.05. The number of rotatable bonds is 4. The van der Waals surface area contributed by atoms with Gasteiger partial charge in [-0.15, -0.1) is 0 Å². The van der Waals surface area contributed by atoms with Crippen LogP contribution in [0.3, 0.4) is 0 Å². The number of pyridine rings is 1. The van der Waals surface area contributed by atoms with Crippen molar-refractivity contribution in [3.8, 4) is 11.3 Å². The lowest BCUT2D eigenvalue weighted by molar-refractivity contribution is -0.143. The van der Waals surface area contributed by atoms with Crippen molar-refractivity contribution in [2.45, 2.75) is 32.2 Å². The maximum atomic E-state index is 13.1. The van der Waals surface area contributed by atoms with Crippen molar-refractivity contribution in [1.29, 1.82) is 0 Å². The van der Waals surface area contributed by atoms with Crippen molar-refractivity contribution < 1.29 is 26.3 Å². The van der Waals surface area contributed by atoms with Crippen molar-refractivity contribution in [1.82, 2.24) is 20.1 Å². The van der Waals surface area contributed by atoms with Gasteiger partial charge in [0.2, 0.25) is 0 Å². The predicted octanol–water partition coefficient (Wildman–Crippen LogP) is 3.51. The fourth-order valence-electron chi connectivity index (χ4n) is 3.32. The van der Waals surface area contributed by atoms with Crippen LogP contribution in [0.15, 0.2) is 18.3 Å². The quantitative estimate of drug-likeness (QED) is 0.762. The van der Waals surface area contributed by atoms with Crippen molar-refractivity contribution in [3.63, 3.8) is 0 Å². The summed E-state index contributed by atoms with van der Waals surface area (Å²) in [6.07, 6.45) is -7.82. The van der Waals surface area contributed by atoms with E-state index in [2.05, 4.69) is 15.4 Å². The van der Waals surface area contributed by atoms with Gasteiger partial charge in [-0.25, -0.2) is 4.98 Å². The Hall–Kier alpha value is -2.30. The number of halogens is 6. The van der Waals surface area contributed by atoms with E-state index < -0.39 is 30.3 Å². The van der Waals surface area contributed by atoms with Gasteiger partial charge in [0, 0.05) is 17.5 Å². The molecule has 0 saturated carbocycles. The lowest BCUT2D eigenvalue weighted by atomic mass is 9.93.